The summed E-state index contributed by atoms with van der Waals surface area (Å²) in [4.78, 5) is 137. The second-order valence-corrected chi connectivity index (χ2v) is 31.8. The molecule has 4 aliphatic carbocycles. The van der Waals surface area contributed by atoms with Gasteiger partial charge in [-0.25, -0.2) is 19.6 Å². The van der Waals surface area contributed by atoms with Crippen molar-refractivity contribution in [1.29, 1.82) is 0 Å². The SMILES string of the molecule is Cc1c(-c2ccc(N3CCc4cccc(C(=O)Nc5nc6ccccc6s5)c4C3)nc2C(=O)O)cnn1CC12CC3(C)CC(C)(C1)CC(OCCOCCN(CCCP(=O)(O)O)C(=O)OCc1ccc(NC(=O)[C@H](C)NC(=O)C(NC(=O)CCCCCN4C(=O)C=CC4=O)C(C)C)cc1)(C3)C2. The molecule has 6 aliphatic rings. The topological polar surface area (TPSA) is 343 Å². The van der Waals surface area contributed by atoms with E-state index in [-0.39, 0.29) is 104 Å². The van der Waals surface area contributed by atoms with Crippen molar-refractivity contribution >= 4 is 93.3 Å². The number of carbonyl (C=O) groups is 8. The van der Waals surface area contributed by atoms with Crippen molar-refractivity contribution in [1.82, 2.24) is 40.2 Å². The van der Waals surface area contributed by atoms with Gasteiger partial charge >= 0.3 is 19.7 Å². The molecule has 4 bridgehead atoms. The zero-order valence-corrected chi connectivity index (χ0v) is 59.7. The van der Waals surface area contributed by atoms with Crippen LogP contribution < -0.4 is 26.2 Å². The molecule has 4 saturated carbocycles. The molecule has 28 heteroatoms. The molecule has 0 spiro atoms. The maximum atomic E-state index is 13.8. The van der Waals surface area contributed by atoms with Crippen molar-refractivity contribution in [2.45, 2.75) is 156 Å². The Morgan fingerprint density at radius 1 is 0.772 bits per heavy atom. The number of pyridine rings is 1. The highest BCUT2D eigenvalue weighted by Gasteiger charge is 2.66. The van der Waals surface area contributed by atoms with Gasteiger partial charge in [-0.05, 0) is 159 Å². The lowest BCUT2D eigenvalue weighted by molar-refractivity contribution is -0.250. The van der Waals surface area contributed by atoms with E-state index < -0.39 is 55.3 Å². The number of carboxylic acids is 1. The van der Waals surface area contributed by atoms with Gasteiger partial charge < -0.3 is 54.9 Å². The van der Waals surface area contributed by atoms with Crippen LogP contribution in [0.2, 0.25) is 0 Å². The third-order valence-electron chi connectivity index (χ3n) is 20.0. The maximum absolute atomic E-state index is 13.8. The number of carboxylic acid groups (broad SMARTS) is 1. The molecule has 5 heterocycles. The van der Waals surface area contributed by atoms with Crippen LogP contribution >= 0.6 is 18.9 Å². The van der Waals surface area contributed by atoms with Gasteiger partial charge in [0.1, 0.15) is 24.5 Å². The number of fused-ring (bicyclic) bond motifs is 2. The van der Waals surface area contributed by atoms with Crippen LogP contribution in [0, 0.1) is 29.1 Å². The standard InChI is InChI=1S/C73H90N11O15PS/c1-46(2)62(79-59(85)18-8-7-11-29-83-60(86)25-26-61(83)87)66(90)75-47(3)64(88)76-51-21-19-49(20-22-51)38-98-69(93)81(28-13-35-100(94,95)96)31-32-97-33-34-99-73-42-70(5)39-71(6,43-73)41-72(40-70,44-73)45-84-48(4)54(36-74-84)52-23-24-58(78-63(52)67(91)92)82-30-27-50-14-12-15-53(55(50)37-82)65(89)80-68-77-56-16-9-10-17-57(56)101-68/h9-10,12,14-17,19-26,36,46-47,62H,7-8,11,13,18,27-35,37-45H2,1-6H3,(H,75,90)(H,76,88)(H,79,85)(H,91,92)(H,77,80,89)(H2,94,95,96)/t47-,62?,70?,71?,72?,73?/m0/s1. The van der Waals surface area contributed by atoms with E-state index in [0.717, 1.165) is 70.5 Å². The van der Waals surface area contributed by atoms with Crippen LogP contribution in [-0.2, 0) is 68.9 Å². The zero-order valence-electron chi connectivity index (χ0n) is 58.0. The lowest BCUT2D eigenvalue weighted by atomic mass is 9.39. The van der Waals surface area contributed by atoms with Gasteiger partial charge in [-0.15, -0.1) is 0 Å². The lowest BCUT2D eigenvalue weighted by Crippen LogP contribution is -2.64. The first-order chi connectivity index (χ1) is 48.1. The van der Waals surface area contributed by atoms with Crippen LogP contribution in [0.3, 0.4) is 0 Å². The molecule has 3 aromatic heterocycles. The van der Waals surface area contributed by atoms with Gasteiger partial charge in [0.2, 0.25) is 17.7 Å². The van der Waals surface area contributed by atoms with Crippen molar-refractivity contribution in [2.75, 3.05) is 67.7 Å². The van der Waals surface area contributed by atoms with E-state index in [4.69, 9.17) is 24.3 Å². The smallest absolute Gasteiger partial charge is 0.410 e. The van der Waals surface area contributed by atoms with Gasteiger partial charge in [0.05, 0.1) is 48.0 Å². The van der Waals surface area contributed by atoms with Gasteiger partial charge in [0, 0.05) is 85.9 Å². The Kier molecular flexibility index (Phi) is 22.5. The molecule has 101 heavy (non-hydrogen) atoms. The quantitative estimate of drug-likeness (QED) is 0.0117. The molecule has 2 aliphatic heterocycles. The molecule has 7 amide bonds. The Bertz CT molecular complexity index is 4140. The average Bonchev–Trinajstić information content (AvgIpc) is 0.824. The fourth-order valence-electron chi connectivity index (χ4n) is 16.5. The summed E-state index contributed by atoms with van der Waals surface area (Å²) >= 11 is 1.41. The van der Waals surface area contributed by atoms with Gasteiger partial charge in [0.15, 0.2) is 10.8 Å². The average molecular weight is 1420 g/mol. The van der Waals surface area contributed by atoms with E-state index in [1.807, 2.05) is 65.0 Å². The molecule has 26 nitrogen and oxygen atoms in total. The van der Waals surface area contributed by atoms with Gasteiger partial charge in [-0.2, -0.15) is 5.10 Å². The van der Waals surface area contributed by atoms with E-state index in [1.165, 1.54) is 35.3 Å². The number of nitrogens with zero attached hydrogens (tertiary/aromatic N) is 7. The predicted molar refractivity (Wildman–Crippen MR) is 379 cm³/mol. The van der Waals surface area contributed by atoms with E-state index in [9.17, 15) is 57.8 Å². The Morgan fingerprint density at radius 2 is 1.51 bits per heavy atom. The number of hydrogen-bond donors (Lipinski definition) is 7. The van der Waals surface area contributed by atoms with Crippen LogP contribution in [0.5, 0.6) is 0 Å². The number of aromatic nitrogens is 4. The number of amides is 7. The van der Waals surface area contributed by atoms with Crippen LogP contribution in [0.1, 0.15) is 148 Å². The number of unbranched alkanes of at least 4 members (excludes halogenated alkanes) is 2. The van der Waals surface area contributed by atoms with Crippen LogP contribution in [0.4, 0.5) is 21.4 Å². The molecule has 538 valence electrons. The molecular weight excluding hydrogens is 1330 g/mol. The monoisotopic (exact) mass is 1420 g/mol. The number of aromatic carboxylic acids is 1. The second-order valence-electron chi connectivity index (χ2n) is 29.0. The molecule has 6 aromatic rings. The minimum absolute atomic E-state index is 0.000274. The first-order valence-electron chi connectivity index (χ1n) is 34.6. The van der Waals surface area contributed by atoms with Crippen molar-refractivity contribution in [3.63, 3.8) is 0 Å². The molecule has 3 unspecified atom stereocenters. The first-order valence-corrected chi connectivity index (χ1v) is 37.2. The summed E-state index contributed by atoms with van der Waals surface area (Å²) < 4.78 is 33.5. The Morgan fingerprint density at radius 3 is 2.23 bits per heavy atom. The lowest BCUT2D eigenvalue weighted by Gasteiger charge is -2.69. The Labute approximate surface area is 590 Å². The Hall–Kier alpha value is -8.72. The summed E-state index contributed by atoms with van der Waals surface area (Å²) in [6.07, 6.45) is 11.1. The minimum atomic E-state index is -4.36. The normalized spacial score (nSPS) is 21.2. The molecule has 3 aromatic carbocycles. The summed E-state index contributed by atoms with van der Waals surface area (Å²) in [7, 11) is -4.36. The fraction of sp³-hybridized carbons (Fsp3) is 0.493. The predicted octanol–water partition coefficient (Wildman–Crippen LogP) is 9.80. The zero-order chi connectivity index (χ0) is 72.0. The van der Waals surface area contributed by atoms with Crippen molar-refractivity contribution < 1.29 is 72.0 Å². The summed E-state index contributed by atoms with van der Waals surface area (Å²) in [5.74, 6) is -3.33. The summed E-state index contributed by atoms with van der Waals surface area (Å²) in [5.41, 5.74) is 5.52. The van der Waals surface area contributed by atoms with Crippen LogP contribution in [0.25, 0.3) is 21.3 Å². The highest BCUT2D eigenvalue weighted by Crippen LogP contribution is 2.72. The number of benzene rings is 3. The summed E-state index contributed by atoms with van der Waals surface area (Å²) in [5, 5.41) is 27.4. The van der Waals surface area contributed by atoms with Gasteiger partial charge in [0.25, 0.3) is 17.7 Å². The molecule has 4 atom stereocenters. The van der Waals surface area contributed by atoms with E-state index in [1.54, 1.807) is 50.4 Å². The summed E-state index contributed by atoms with van der Waals surface area (Å²) in [6.45, 7) is 14.1. The first kappa shape index (κ1) is 73.5. The molecular formula is C73H90N11O15PS. The number of anilines is 3. The van der Waals surface area contributed by atoms with Crippen molar-refractivity contribution in [3.05, 3.63) is 131 Å². The molecule has 4 fully saturated rings. The third-order valence-corrected chi connectivity index (χ3v) is 21.9. The van der Waals surface area contributed by atoms with Gasteiger partial charge in [-0.3, -0.25) is 48.2 Å². The largest absolute Gasteiger partial charge is 0.476 e. The van der Waals surface area contributed by atoms with Crippen molar-refractivity contribution in [3.8, 4) is 11.1 Å². The molecule has 0 radical (unpaired) electrons. The fourth-order valence-corrected chi connectivity index (χ4v) is 17.9. The van der Waals surface area contributed by atoms with E-state index in [0.29, 0.717) is 90.8 Å². The number of thiazole rings is 1. The molecule has 7 N–H and O–H groups in total. The highest BCUT2D eigenvalue weighted by atomic mass is 32.1. The number of carbonyl (C=O) groups excluding carboxylic acids is 7. The van der Waals surface area contributed by atoms with Crippen molar-refractivity contribution in [2.24, 2.45) is 22.2 Å². The number of hydrogen-bond acceptors (Lipinski definition) is 17. The number of imide groups is 1. The molecule has 12 rings (SSSR count). The molecule has 0 saturated heterocycles. The number of ether oxygens (including phenoxy) is 3. The Balaban J connectivity index is 0.646. The highest BCUT2D eigenvalue weighted by molar-refractivity contribution is 7.51. The van der Waals surface area contributed by atoms with E-state index in [2.05, 4.69) is 40.1 Å². The van der Waals surface area contributed by atoms with E-state index >= 15 is 0 Å². The third kappa shape index (κ3) is 18.0. The number of rotatable bonds is 32. The summed E-state index contributed by atoms with van der Waals surface area (Å²) in [6, 6.07) is 21.7. The van der Waals surface area contributed by atoms with Crippen LogP contribution in [0.15, 0.2) is 97.2 Å². The second kappa shape index (κ2) is 30.9. The minimum Gasteiger partial charge on any atom is -0.476 e. The maximum Gasteiger partial charge on any atom is 0.410 e. The number of nitrogens with one attached hydrogen (secondary N) is 4. The number of para-hydroxylation sites is 1. The van der Waals surface area contributed by atoms with Gasteiger partial charge in [-0.1, -0.05) is 81.9 Å². The van der Waals surface area contributed by atoms with Crippen LogP contribution in [-0.4, -0.2) is 162 Å².